The third-order valence-corrected chi connectivity index (χ3v) is 5.73. The van der Waals surface area contributed by atoms with Crippen molar-refractivity contribution >= 4 is 39.0 Å². The van der Waals surface area contributed by atoms with E-state index >= 15 is 0 Å². The van der Waals surface area contributed by atoms with Gasteiger partial charge in [-0.25, -0.2) is 4.98 Å². The number of rotatable bonds is 3. The molecule has 31 heavy (non-hydrogen) atoms. The molecule has 0 fully saturated rings. The Hall–Kier alpha value is -3.19. The van der Waals surface area contributed by atoms with Gasteiger partial charge in [0, 0.05) is 4.47 Å². The van der Waals surface area contributed by atoms with Crippen LogP contribution in [0.1, 0.15) is 22.5 Å². The lowest BCUT2D eigenvalue weighted by atomic mass is 10.1. The highest BCUT2D eigenvalue weighted by Gasteiger charge is 2.30. The third kappa shape index (κ3) is 4.32. The minimum atomic E-state index is -4.43. The highest BCUT2D eigenvalue weighted by atomic mass is 79.9. The second-order valence-electron chi connectivity index (χ2n) is 7.02. The van der Waals surface area contributed by atoms with Crippen molar-refractivity contribution in [2.45, 2.75) is 13.1 Å². The van der Waals surface area contributed by atoms with Crippen LogP contribution in [-0.4, -0.2) is 9.55 Å². The van der Waals surface area contributed by atoms with Gasteiger partial charge in [0.1, 0.15) is 5.82 Å². The first kappa shape index (κ1) is 21.1. The van der Waals surface area contributed by atoms with Crippen LogP contribution < -0.4 is 5.56 Å². The Morgan fingerprint density at radius 1 is 0.968 bits per heavy atom. The smallest absolute Gasteiger partial charge is 0.268 e. The fourth-order valence-electron chi connectivity index (χ4n) is 3.27. The predicted molar refractivity (Wildman–Crippen MR) is 120 cm³/mol. The second-order valence-corrected chi connectivity index (χ2v) is 7.87. The maximum atomic E-state index is 13.3. The van der Waals surface area contributed by atoms with Crippen LogP contribution in [0.2, 0.25) is 0 Å². The molecule has 0 bridgehead atoms. The molecule has 0 amide bonds. The second kappa shape index (κ2) is 8.15. The van der Waals surface area contributed by atoms with Crippen LogP contribution in [0.3, 0.4) is 0 Å². The zero-order valence-corrected chi connectivity index (χ0v) is 17.9. The van der Waals surface area contributed by atoms with E-state index in [2.05, 4.69) is 20.9 Å². The van der Waals surface area contributed by atoms with Crippen molar-refractivity contribution in [3.05, 3.63) is 104 Å². The maximum Gasteiger partial charge on any atom is 0.416 e. The number of hydrogen-bond donors (Lipinski definition) is 0. The Morgan fingerprint density at radius 3 is 2.48 bits per heavy atom. The van der Waals surface area contributed by atoms with Crippen LogP contribution in [0.15, 0.2) is 76.0 Å². The summed E-state index contributed by atoms with van der Waals surface area (Å²) in [5.74, 6) is 0.322. The molecule has 1 aromatic heterocycles. The molecule has 156 valence electrons. The van der Waals surface area contributed by atoms with Crippen molar-refractivity contribution in [3.8, 4) is 5.69 Å². The normalized spacial score (nSPS) is 12.0. The molecule has 3 nitrogen and oxygen atoms in total. The molecule has 0 unspecified atom stereocenters. The third-order valence-electron chi connectivity index (χ3n) is 4.84. The lowest BCUT2D eigenvalue weighted by Crippen LogP contribution is -2.22. The van der Waals surface area contributed by atoms with Crippen LogP contribution in [-0.2, 0) is 6.18 Å². The Morgan fingerprint density at radius 2 is 1.74 bits per heavy atom. The highest BCUT2D eigenvalue weighted by molar-refractivity contribution is 9.10. The van der Waals surface area contributed by atoms with E-state index in [0.29, 0.717) is 28.0 Å². The molecule has 4 aromatic rings. The highest BCUT2D eigenvalue weighted by Crippen LogP contribution is 2.30. The summed E-state index contributed by atoms with van der Waals surface area (Å²) >= 11 is 3.45. The quantitative estimate of drug-likeness (QED) is 0.326. The van der Waals surface area contributed by atoms with E-state index in [1.807, 2.05) is 19.1 Å². The molecule has 0 spiro atoms. The van der Waals surface area contributed by atoms with Crippen molar-refractivity contribution in [1.29, 1.82) is 0 Å². The molecule has 0 aliphatic carbocycles. The zero-order valence-electron chi connectivity index (χ0n) is 16.3. The Labute approximate surface area is 184 Å². The van der Waals surface area contributed by atoms with E-state index in [-0.39, 0.29) is 5.56 Å². The number of benzene rings is 3. The van der Waals surface area contributed by atoms with Gasteiger partial charge in [0.25, 0.3) is 5.56 Å². The van der Waals surface area contributed by atoms with Gasteiger partial charge in [-0.3, -0.25) is 9.36 Å². The summed E-state index contributed by atoms with van der Waals surface area (Å²) in [7, 11) is 0. The topological polar surface area (TPSA) is 34.9 Å². The summed E-state index contributed by atoms with van der Waals surface area (Å²) in [6, 6.07) is 17.5. The Balaban J connectivity index is 1.90. The molecule has 0 atom stereocenters. The van der Waals surface area contributed by atoms with Crippen molar-refractivity contribution in [3.63, 3.8) is 0 Å². The van der Waals surface area contributed by atoms with Gasteiger partial charge in [0.15, 0.2) is 0 Å². The van der Waals surface area contributed by atoms with Crippen LogP contribution in [0.4, 0.5) is 13.2 Å². The number of aromatic nitrogens is 2. The van der Waals surface area contributed by atoms with Crippen LogP contribution in [0, 0.1) is 6.92 Å². The average molecular weight is 485 g/mol. The average Bonchev–Trinajstić information content (AvgIpc) is 2.74. The molecule has 0 radical (unpaired) electrons. The first-order valence-corrected chi connectivity index (χ1v) is 10.2. The summed E-state index contributed by atoms with van der Waals surface area (Å²) in [6.07, 6.45) is -1.35. The molecule has 7 heteroatoms. The summed E-state index contributed by atoms with van der Waals surface area (Å²) in [5, 5.41) is 0.458. The van der Waals surface area contributed by atoms with E-state index in [4.69, 9.17) is 0 Å². The number of hydrogen-bond acceptors (Lipinski definition) is 2. The first-order chi connectivity index (χ1) is 14.7. The zero-order chi connectivity index (χ0) is 22.2. The summed E-state index contributed by atoms with van der Waals surface area (Å²) in [5.41, 5.74) is 1.44. The number of nitrogens with zero attached hydrogens (tertiary/aromatic N) is 2. The minimum absolute atomic E-state index is 0.254. The van der Waals surface area contributed by atoms with E-state index in [9.17, 15) is 18.0 Å². The van der Waals surface area contributed by atoms with Crippen molar-refractivity contribution in [2.75, 3.05) is 0 Å². The first-order valence-electron chi connectivity index (χ1n) is 9.38. The fourth-order valence-corrected chi connectivity index (χ4v) is 3.52. The van der Waals surface area contributed by atoms with E-state index in [0.717, 1.165) is 22.2 Å². The predicted octanol–water partition coefficient (Wildman–Crippen LogP) is 6.65. The van der Waals surface area contributed by atoms with Gasteiger partial charge in [-0.15, -0.1) is 0 Å². The van der Waals surface area contributed by atoms with E-state index in [1.54, 1.807) is 42.5 Å². The number of alkyl halides is 3. The molecule has 0 aliphatic heterocycles. The van der Waals surface area contributed by atoms with Gasteiger partial charge < -0.3 is 0 Å². The molecule has 0 N–H and O–H groups in total. The van der Waals surface area contributed by atoms with Crippen molar-refractivity contribution in [2.24, 2.45) is 0 Å². The number of aryl methyl sites for hydroxylation is 1. The van der Waals surface area contributed by atoms with Gasteiger partial charge >= 0.3 is 6.18 Å². The van der Waals surface area contributed by atoms with Crippen molar-refractivity contribution in [1.82, 2.24) is 9.55 Å². The molecule has 3 aromatic carbocycles. The SMILES string of the molecule is Cc1cc(-n2c(/C=C/c3cccc(C(F)(F)F)c3)nc3ccccc3c2=O)ccc1Br. The number of halogens is 4. The number of fused-ring (bicyclic) bond motifs is 1. The maximum absolute atomic E-state index is 13.3. The van der Waals surface area contributed by atoms with Gasteiger partial charge in [-0.1, -0.05) is 46.3 Å². The number of para-hydroxylation sites is 1. The van der Waals surface area contributed by atoms with Gasteiger partial charge in [-0.2, -0.15) is 13.2 Å². The summed E-state index contributed by atoms with van der Waals surface area (Å²) < 4.78 is 41.5. The van der Waals surface area contributed by atoms with E-state index in [1.165, 1.54) is 16.7 Å². The molecule has 0 saturated heterocycles. The van der Waals surface area contributed by atoms with Gasteiger partial charge in [0.05, 0.1) is 22.2 Å². The summed E-state index contributed by atoms with van der Waals surface area (Å²) in [4.78, 5) is 17.9. The van der Waals surface area contributed by atoms with Crippen molar-refractivity contribution < 1.29 is 13.2 Å². The Bertz CT molecular complexity index is 1370. The van der Waals surface area contributed by atoms with Crippen LogP contribution >= 0.6 is 15.9 Å². The van der Waals surface area contributed by atoms with Crippen LogP contribution in [0.5, 0.6) is 0 Å². The molecule has 1 heterocycles. The minimum Gasteiger partial charge on any atom is -0.268 e. The molecule has 0 aliphatic rings. The van der Waals surface area contributed by atoms with Crippen LogP contribution in [0.25, 0.3) is 28.7 Å². The summed E-state index contributed by atoms with van der Waals surface area (Å²) in [6.45, 7) is 1.91. The molecule has 4 rings (SSSR count). The molecular weight excluding hydrogens is 469 g/mol. The van der Waals surface area contributed by atoms with Gasteiger partial charge in [-0.05, 0) is 66.6 Å². The van der Waals surface area contributed by atoms with E-state index < -0.39 is 11.7 Å². The van der Waals surface area contributed by atoms with Gasteiger partial charge in [0.2, 0.25) is 0 Å². The molecule has 0 saturated carbocycles. The Kier molecular flexibility index (Phi) is 5.54. The monoisotopic (exact) mass is 484 g/mol. The largest absolute Gasteiger partial charge is 0.416 e. The lowest BCUT2D eigenvalue weighted by Gasteiger charge is -2.13. The fraction of sp³-hybridized carbons (Fsp3) is 0.0833. The molecular formula is C24H16BrF3N2O. The lowest BCUT2D eigenvalue weighted by molar-refractivity contribution is -0.137. The standard InChI is InChI=1S/C24H16BrF3N2O/c1-15-13-18(10-11-20(15)25)30-22(29-21-8-3-2-7-19(21)23(30)31)12-9-16-5-4-6-17(14-16)24(26,27)28/h2-14H,1H3/b12-9+.